The third-order valence-electron chi connectivity index (χ3n) is 7.46. The van der Waals surface area contributed by atoms with E-state index in [4.69, 9.17) is 0 Å². The van der Waals surface area contributed by atoms with E-state index >= 15 is 0 Å². The van der Waals surface area contributed by atoms with Crippen molar-refractivity contribution in [2.45, 2.75) is 64.3 Å². The first-order chi connectivity index (χ1) is 15.1. The highest BCUT2D eigenvalue weighted by molar-refractivity contribution is 5.79. The molecular weight excluding hydrogens is 382 g/mol. The Morgan fingerprint density at radius 3 is 2.48 bits per heavy atom. The van der Waals surface area contributed by atoms with Gasteiger partial charge in [-0.15, -0.1) is 0 Å². The Labute approximate surface area is 188 Å². The maximum absolute atomic E-state index is 13.2. The Morgan fingerprint density at radius 2 is 1.81 bits per heavy atom. The van der Waals surface area contributed by atoms with E-state index in [2.05, 4.69) is 53.3 Å². The highest BCUT2D eigenvalue weighted by Crippen LogP contribution is 2.27. The number of hydrogen-bond donors (Lipinski definition) is 0. The molecule has 0 bridgehead atoms. The van der Waals surface area contributed by atoms with Gasteiger partial charge in [-0.1, -0.05) is 37.1 Å². The molecule has 1 amide bonds. The molecule has 0 spiro atoms. The van der Waals surface area contributed by atoms with Gasteiger partial charge in [0, 0.05) is 38.6 Å². The third kappa shape index (κ3) is 6.00. The molecule has 1 aromatic carbocycles. The molecule has 1 saturated carbocycles. The molecule has 0 atom stereocenters. The van der Waals surface area contributed by atoms with Crippen LogP contribution in [0, 0.1) is 12.8 Å². The fourth-order valence-electron chi connectivity index (χ4n) is 5.45. The number of aryl methyl sites for hydroxylation is 2. The van der Waals surface area contributed by atoms with E-state index in [0.29, 0.717) is 24.3 Å². The molecule has 1 aromatic heterocycles. The zero-order valence-corrected chi connectivity index (χ0v) is 19.4. The minimum Gasteiger partial charge on any atom is -0.357 e. The smallest absolute Gasteiger partial charge is 0.227 e. The topological polar surface area (TPSA) is 28.5 Å². The number of amides is 1. The van der Waals surface area contributed by atoms with Gasteiger partial charge in [0.2, 0.25) is 5.91 Å². The van der Waals surface area contributed by atoms with Crippen LogP contribution in [0.2, 0.25) is 0 Å². The lowest BCUT2D eigenvalue weighted by Crippen LogP contribution is -2.45. The summed E-state index contributed by atoms with van der Waals surface area (Å²) in [4.78, 5) is 18.1. The minimum absolute atomic E-state index is 0.333. The van der Waals surface area contributed by atoms with Crippen LogP contribution < -0.4 is 0 Å². The second-order valence-electron chi connectivity index (χ2n) is 9.81. The third-order valence-corrected chi connectivity index (χ3v) is 7.46. The zero-order chi connectivity index (χ0) is 21.6. The van der Waals surface area contributed by atoms with Crippen LogP contribution >= 0.6 is 0 Å². The van der Waals surface area contributed by atoms with E-state index in [1.165, 1.54) is 62.7 Å². The summed E-state index contributed by atoms with van der Waals surface area (Å²) < 4.78 is 2.04. The van der Waals surface area contributed by atoms with Gasteiger partial charge >= 0.3 is 0 Å². The van der Waals surface area contributed by atoms with Crippen molar-refractivity contribution in [1.29, 1.82) is 0 Å². The molecule has 2 aromatic rings. The molecule has 2 heterocycles. The van der Waals surface area contributed by atoms with Crippen LogP contribution in [0.4, 0.5) is 0 Å². The summed E-state index contributed by atoms with van der Waals surface area (Å²) in [7, 11) is 2.02. The molecule has 168 valence electrons. The van der Waals surface area contributed by atoms with Gasteiger partial charge in [-0.25, -0.2) is 0 Å². The van der Waals surface area contributed by atoms with Crippen molar-refractivity contribution in [3.05, 3.63) is 59.4 Å². The summed E-state index contributed by atoms with van der Waals surface area (Å²) in [5.74, 6) is 0.982. The summed E-state index contributed by atoms with van der Waals surface area (Å²) in [5.41, 5.74) is 4.02. The summed E-state index contributed by atoms with van der Waals surface area (Å²) in [6.07, 6.45) is 13.2. The summed E-state index contributed by atoms with van der Waals surface area (Å²) in [5, 5.41) is 0. The van der Waals surface area contributed by atoms with Crippen molar-refractivity contribution in [2.24, 2.45) is 13.0 Å². The average molecular weight is 422 g/mol. The maximum Gasteiger partial charge on any atom is 0.227 e. The molecule has 1 aliphatic carbocycles. The Hall–Kier alpha value is -2.07. The standard InChI is InChI=1S/C27H39N3O/c1-22-7-3-4-8-25(22)14-18-29-16-12-23(13-17-29)21-30(26-9-5-6-10-26)27(31)19-24-11-15-28(2)20-24/h3-4,7-8,11,15,20,23,26H,5-6,9-10,12-14,16-19,21H2,1-2H3. The van der Waals surface area contributed by atoms with E-state index in [-0.39, 0.29) is 0 Å². The average Bonchev–Trinajstić information content (AvgIpc) is 3.44. The quantitative estimate of drug-likeness (QED) is 0.623. The number of carbonyl (C=O) groups is 1. The molecule has 0 unspecified atom stereocenters. The molecule has 31 heavy (non-hydrogen) atoms. The first-order valence-electron chi connectivity index (χ1n) is 12.3. The second-order valence-corrected chi connectivity index (χ2v) is 9.81. The van der Waals surface area contributed by atoms with Crippen LogP contribution in [0.15, 0.2) is 42.7 Å². The van der Waals surface area contributed by atoms with Crippen molar-refractivity contribution >= 4 is 5.91 Å². The van der Waals surface area contributed by atoms with Crippen molar-refractivity contribution in [3.8, 4) is 0 Å². The Balaban J connectivity index is 1.28. The van der Waals surface area contributed by atoms with Crippen LogP contribution in [0.25, 0.3) is 0 Å². The van der Waals surface area contributed by atoms with Crippen molar-refractivity contribution in [3.63, 3.8) is 0 Å². The molecular formula is C27H39N3O. The Kier molecular flexibility index (Phi) is 7.49. The van der Waals surface area contributed by atoms with Crippen molar-refractivity contribution in [1.82, 2.24) is 14.4 Å². The van der Waals surface area contributed by atoms with Gasteiger partial charge in [-0.3, -0.25) is 4.79 Å². The minimum atomic E-state index is 0.333. The first kappa shape index (κ1) is 22.1. The number of nitrogens with zero attached hydrogens (tertiary/aromatic N) is 3. The van der Waals surface area contributed by atoms with E-state index in [9.17, 15) is 4.79 Å². The predicted octanol–water partition coefficient (Wildman–Crippen LogP) is 4.60. The lowest BCUT2D eigenvalue weighted by Gasteiger charge is -2.37. The number of rotatable bonds is 8. The number of benzene rings is 1. The van der Waals surface area contributed by atoms with Crippen LogP contribution in [0.1, 0.15) is 55.2 Å². The highest BCUT2D eigenvalue weighted by Gasteiger charge is 2.30. The molecule has 4 nitrogen and oxygen atoms in total. The molecule has 2 aliphatic rings. The fraction of sp³-hybridized carbons (Fsp3) is 0.593. The predicted molar refractivity (Wildman–Crippen MR) is 127 cm³/mol. The largest absolute Gasteiger partial charge is 0.357 e. The normalized spacial score (nSPS) is 18.5. The summed E-state index contributed by atoms with van der Waals surface area (Å²) >= 11 is 0. The lowest BCUT2D eigenvalue weighted by molar-refractivity contribution is -0.133. The highest BCUT2D eigenvalue weighted by atomic mass is 16.2. The molecule has 4 rings (SSSR count). The fourth-order valence-corrected chi connectivity index (χ4v) is 5.45. The van der Waals surface area contributed by atoms with E-state index < -0.39 is 0 Å². The van der Waals surface area contributed by atoms with Gasteiger partial charge in [0.05, 0.1) is 6.42 Å². The second kappa shape index (κ2) is 10.5. The number of hydrogen-bond acceptors (Lipinski definition) is 2. The molecule has 2 fully saturated rings. The van der Waals surface area contributed by atoms with Gasteiger partial charge in [0.25, 0.3) is 0 Å². The summed E-state index contributed by atoms with van der Waals surface area (Å²) in [6, 6.07) is 11.3. The first-order valence-corrected chi connectivity index (χ1v) is 12.3. The van der Waals surface area contributed by atoms with E-state index in [0.717, 1.165) is 25.1 Å². The monoisotopic (exact) mass is 421 g/mol. The van der Waals surface area contributed by atoms with E-state index in [1.54, 1.807) is 0 Å². The zero-order valence-electron chi connectivity index (χ0n) is 19.4. The van der Waals surface area contributed by atoms with Gasteiger partial charge in [0.1, 0.15) is 0 Å². The van der Waals surface area contributed by atoms with Gasteiger partial charge in [-0.2, -0.15) is 0 Å². The van der Waals surface area contributed by atoms with Gasteiger partial charge in [0.15, 0.2) is 0 Å². The molecule has 0 radical (unpaired) electrons. The Morgan fingerprint density at radius 1 is 1.06 bits per heavy atom. The van der Waals surface area contributed by atoms with Crippen LogP contribution in [0.5, 0.6) is 0 Å². The molecule has 4 heteroatoms. The van der Waals surface area contributed by atoms with Crippen molar-refractivity contribution < 1.29 is 4.79 Å². The van der Waals surface area contributed by atoms with Crippen molar-refractivity contribution in [2.75, 3.05) is 26.2 Å². The Bertz CT molecular complexity index is 844. The molecule has 0 N–H and O–H groups in total. The lowest BCUT2D eigenvalue weighted by atomic mass is 9.94. The molecule has 1 aliphatic heterocycles. The SMILES string of the molecule is Cc1ccccc1CCN1CCC(CN(C(=O)Cc2ccn(C)c2)C2CCCC2)CC1. The number of likely N-dealkylation sites (tertiary alicyclic amines) is 1. The van der Waals surface area contributed by atoms with Crippen LogP contribution in [-0.2, 0) is 24.7 Å². The van der Waals surface area contributed by atoms with Crippen LogP contribution in [-0.4, -0.2) is 52.5 Å². The molecule has 1 saturated heterocycles. The number of carbonyl (C=O) groups excluding carboxylic acids is 1. The summed E-state index contributed by atoms with van der Waals surface area (Å²) in [6.45, 7) is 6.66. The number of piperidine rings is 1. The van der Waals surface area contributed by atoms with Crippen LogP contribution in [0.3, 0.4) is 0 Å². The van der Waals surface area contributed by atoms with Gasteiger partial charge in [-0.05, 0) is 80.8 Å². The number of aromatic nitrogens is 1. The van der Waals surface area contributed by atoms with Gasteiger partial charge < -0.3 is 14.4 Å². The van der Waals surface area contributed by atoms with E-state index in [1.807, 2.05) is 17.8 Å². The maximum atomic E-state index is 13.2.